The molecule has 146 valence electrons. The first-order chi connectivity index (χ1) is 13.2. The maximum Gasteiger partial charge on any atom is 0.339 e. The second kappa shape index (κ2) is 7.53. The molecule has 0 atom stereocenters. The van der Waals surface area contributed by atoms with Crippen molar-refractivity contribution in [3.63, 3.8) is 0 Å². The Morgan fingerprint density at radius 2 is 1.36 bits per heavy atom. The molecule has 0 unspecified atom stereocenters. The highest BCUT2D eigenvalue weighted by Crippen LogP contribution is 2.31. The molecule has 1 N–H and O–H groups in total. The Labute approximate surface area is 162 Å². The minimum atomic E-state index is -4.02. The monoisotopic (exact) mass is 420 g/mol. The van der Waals surface area contributed by atoms with Gasteiger partial charge in [0.1, 0.15) is 10.6 Å². The normalized spacial score (nSPS) is 11.8. The van der Waals surface area contributed by atoms with Crippen molar-refractivity contribution in [2.75, 3.05) is 7.11 Å². The number of hydrogen-bond acceptors (Lipinski definition) is 7. The van der Waals surface area contributed by atoms with Crippen LogP contribution in [-0.4, -0.2) is 29.1 Å². The molecule has 0 bridgehead atoms. The van der Waals surface area contributed by atoms with Crippen LogP contribution in [0.25, 0.3) is 0 Å². The van der Waals surface area contributed by atoms with Crippen LogP contribution in [0.2, 0.25) is 0 Å². The van der Waals surface area contributed by atoms with Crippen molar-refractivity contribution in [1.29, 1.82) is 0 Å². The number of benzene rings is 3. The molecule has 9 heteroatoms. The van der Waals surface area contributed by atoms with Gasteiger partial charge in [-0.1, -0.05) is 18.2 Å². The number of sulfone groups is 1. The fraction of sp³-hybridized carbons (Fsp3) is 0.0526. The third-order valence-corrected chi connectivity index (χ3v) is 6.86. The Bertz CT molecular complexity index is 1180. The molecule has 0 aliphatic heterocycles. The predicted octanol–water partition coefficient (Wildman–Crippen LogP) is 3.00. The van der Waals surface area contributed by atoms with Crippen LogP contribution in [0, 0.1) is 0 Å². The van der Waals surface area contributed by atoms with Crippen molar-refractivity contribution >= 4 is 20.0 Å². The van der Waals surface area contributed by atoms with E-state index in [2.05, 4.69) is 0 Å². The highest BCUT2D eigenvalue weighted by atomic mass is 32.2. The molecule has 3 rings (SSSR count). The minimum absolute atomic E-state index is 0.0135. The van der Waals surface area contributed by atoms with Gasteiger partial charge < -0.3 is 14.0 Å². The number of methoxy groups -OCH3 is 1. The molecule has 0 aromatic heterocycles. The average molecular weight is 420 g/mol. The zero-order valence-corrected chi connectivity index (χ0v) is 16.3. The van der Waals surface area contributed by atoms with E-state index >= 15 is 0 Å². The van der Waals surface area contributed by atoms with Gasteiger partial charge in [0.15, 0.2) is 11.5 Å². The maximum atomic E-state index is 12.7. The molecule has 0 amide bonds. The van der Waals surface area contributed by atoms with Gasteiger partial charge in [0.05, 0.1) is 16.9 Å². The third-order valence-electron chi connectivity index (χ3n) is 3.83. The van der Waals surface area contributed by atoms with E-state index in [1.165, 1.54) is 55.6 Å². The molecule has 3 aromatic rings. The van der Waals surface area contributed by atoms with E-state index in [0.717, 1.165) is 6.07 Å². The summed E-state index contributed by atoms with van der Waals surface area (Å²) >= 11 is 0. The fourth-order valence-corrected chi connectivity index (χ4v) is 4.64. The fourth-order valence-electron chi connectivity index (χ4n) is 2.41. The van der Waals surface area contributed by atoms with Gasteiger partial charge in [0.25, 0.3) is 0 Å². The summed E-state index contributed by atoms with van der Waals surface area (Å²) in [5, 5.41) is 9.81. The molecule has 0 saturated heterocycles. The van der Waals surface area contributed by atoms with Crippen LogP contribution in [0.3, 0.4) is 0 Å². The summed E-state index contributed by atoms with van der Waals surface area (Å²) in [6.45, 7) is 0. The Balaban J connectivity index is 1.87. The molecular formula is C19H16O7S2. The number of phenolic OH excluding ortho intramolecular Hbond substituents is 1. The van der Waals surface area contributed by atoms with E-state index in [-0.39, 0.29) is 31.9 Å². The summed E-state index contributed by atoms with van der Waals surface area (Å²) in [5.74, 6) is -0.188. The van der Waals surface area contributed by atoms with Crippen LogP contribution in [0.5, 0.6) is 17.2 Å². The molecule has 0 aliphatic carbocycles. The van der Waals surface area contributed by atoms with Crippen molar-refractivity contribution < 1.29 is 30.9 Å². The Hall–Kier alpha value is -3.04. The van der Waals surface area contributed by atoms with Crippen molar-refractivity contribution in [3.8, 4) is 17.2 Å². The van der Waals surface area contributed by atoms with E-state index in [4.69, 9.17) is 8.92 Å². The first-order valence-electron chi connectivity index (χ1n) is 7.96. The quantitative estimate of drug-likeness (QED) is 0.611. The van der Waals surface area contributed by atoms with Gasteiger partial charge in [-0.15, -0.1) is 0 Å². The number of phenols is 1. The Morgan fingerprint density at radius 3 is 1.93 bits per heavy atom. The summed E-state index contributed by atoms with van der Waals surface area (Å²) < 4.78 is 59.8. The van der Waals surface area contributed by atoms with Crippen molar-refractivity contribution in [3.05, 3.63) is 72.8 Å². The summed E-state index contributed by atoms with van der Waals surface area (Å²) in [6.07, 6.45) is 0. The van der Waals surface area contributed by atoms with Gasteiger partial charge in [0, 0.05) is 6.07 Å². The maximum absolute atomic E-state index is 12.7. The topological polar surface area (TPSA) is 107 Å². The molecule has 0 fully saturated rings. The molecule has 0 radical (unpaired) electrons. The van der Waals surface area contributed by atoms with E-state index in [0.29, 0.717) is 0 Å². The smallest absolute Gasteiger partial charge is 0.339 e. The van der Waals surface area contributed by atoms with Crippen LogP contribution in [-0.2, 0) is 20.0 Å². The van der Waals surface area contributed by atoms with Crippen LogP contribution in [0.1, 0.15) is 0 Å². The number of hydrogen-bond donors (Lipinski definition) is 1. The molecule has 3 aromatic carbocycles. The lowest BCUT2D eigenvalue weighted by Crippen LogP contribution is -2.09. The SMILES string of the molecule is COc1ccc(S(=O)(=O)c2ccc(OS(=O)(=O)c3ccccc3)cc2)cc1O. The summed E-state index contributed by atoms with van der Waals surface area (Å²) in [7, 11) is -6.59. The minimum Gasteiger partial charge on any atom is -0.504 e. The van der Waals surface area contributed by atoms with Gasteiger partial charge >= 0.3 is 10.1 Å². The molecule has 7 nitrogen and oxygen atoms in total. The van der Waals surface area contributed by atoms with Crippen LogP contribution in [0.4, 0.5) is 0 Å². The van der Waals surface area contributed by atoms with Gasteiger partial charge in [-0.05, 0) is 48.5 Å². The Morgan fingerprint density at radius 1 is 0.750 bits per heavy atom. The first-order valence-corrected chi connectivity index (χ1v) is 10.8. The largest absolute Gasteiger partial charge is 0.504 e. The summed E-state index contributed by atoms with van der Waals surface area (Å²) in [6, 6.07) is 16.3. The zero-order valence-electron chi connectivity index (χ0n) is 14.6. The van der Waals surface area contributed by atoms with Crippen LogP contribution < -0.4 is 8.92 Å². The van der Waals surface area contributed by atoms with Crippen molar-refractivity contribution in [2.45, 2.75) is 14.7 Å². The lowest BCUT2D eigenvalue weighted by atomic mass is 10.3. The Kier molecular flexibility index (Phi) is 5.30. The average Bonchev–Trinajstić information content (AvgIpc) is 2.68. The van der Waals surface area contributed by atoms with E-state index in [9.17, 15) is 21.9 Å². The van der Waals surface area contributed by atoms with Gasteiger partial charge in [0.2, 0.25) is 9.84 Å². The lowest BCUT2D eigenvalue weighted by molar-refractivity contribution is 0.372. The predicted molar refractivity (Wildman–Crippen MR) is 101 cm³/mol. The summed E-state index contributed by atoms with van der Waals surface area (Å²) in [5.41, 5.74) is 0. The van der Waals surface area contributed by atoms with Gasteiger partial charge in [-0.2, -0.15) is 8.42 Å². The second-order valence-electron chi connectivity index (χ2n) is 5.66. The van der Waals surface area contributed by atoms with Crippen LogP contribution in [0.15, 0.2) is 87.5 Å². The lowest BCUT2D eigenvalue weighted by Gasteiger charge is -2.09. The van der Waals surface area contributed by atoms with Crippen LogP contribution >= 0.6 is 0 Å². The van der Waals surface area contributed by atoms with Gasteiger partial charge in [-0.3, -0.25) is 0 Å². The van der Waals surface area contributed by atoms with E-state index in [1.807, 2.05) is 0 Å². The standard InChI is InChI=1S/C19H16O7S2/c1-25-19-12-11-17(13-18(19)20)27(21,22)15-9-7-14(8-10-15)26-28(23,24)16-5-3-2-4-6-16/h2-13,20H,1H3. The molecule has 0 aliphatic rings. The van der Waals surface area contributed by atoms with E-state index in [1.54, 1.807) is 18.2 Å². The number of aromatic hydroxyl groups is 1. The first kappa shape index (κ1) is 19.7. The summed E-state index contributed by atoms with van der Waals surface area (Å²) in [4.78, 5) is -0.224. The molecular weight excluding hydrogens is 404 g/mol. The number of rotatable bonds is 6. The van der Waals surface area contributed by atoms with Gasteiger partial charge in [-0.25, -0.2) is 8.42 Å². The number of ether oxygens (including phenoxy) is 1. The van der Waals surface area contributed by atoms with E-state index < -0.39 is 20.0 Å². The third kappa shape index (κ3) is 3.95. The molecule has 28 heavy (non-hydrogen) atoms. The second-order valence-corrected chi connectivity index (χ2v) is 9.16. The molecule has 0 heterocycles. The highest BCUT2D eigenvalue weighted by molar-refractivity contribution is 7.91. The van der Waals surface area contributed by atoms with Crippen molar-refractivity contribution in [2.24, 2.45) is 0 Å². The highest BCUT2D eigenvalue weighted by Gasteiger charge is 2.21. The molecule has 0 saturated carbocycles. The van der Waals surface area contributed by atoms with Crippen molar-refractivity contribution in [1.82, 2.24) is 0 Å². The zero-order chi connectivity index (χ0) is 20.4. The molecule has 0 spiro atoms.